The van der Waals surface area contributed by atoms with Crippen molar-refractivity contribution in [2.75, 3.05) is 6.54 Å². The van der Waals surface area contributed by atoms with Crippen molar-refractivity contribution in [3.8, 4) is 0 Å². The number of amides is 1. The zero-order valence-electron chi connectivity index (χ0n) is 19.0. The average molecular weight is 494 g/mol. The van der Waals surface area contributed by atoms with Crippen molar-refractivity contribution in [1.82, 2.24) is 15.2 Å². The van der Waals surface area contributed by atoms with E-state index in [2.05, 4.69) is 10.3 Å². The highest BCUT2D eigenvalue weighted by Gasteiger charge is 2.39. The van der Waals surface area contributed by atoms with Gasteiger partial charge in [-0.05, 0) is 74.6 Å². The largest absolute Gasteiger partial charge is 0.416 e. The Hall–Kier alpha value is -1.97. The molecule has 0 spiro atoms. The highest BCUT2D eigenvalue weighted by atomic mass is 32.1. The Morgan fingerprint density at radius 2 is 1.94 bits per heavy atom. The Labute approximate surface area is 201 Å². The highest BCUT2D eigenvalue weighted by Crippen LogP contribution is 2.40. The van der Waals surface area contributed by atoms with Gasteiger partial charge in [-0.1, -0.05) is 6.07 Å². The van der Waals surface area contributed by atoms with Gasteiger partial charge in [0.1, 0.15) is 5.60 Å². The fourth-order valence-electron chi connectivity index (χ4n) is 5.82. The van der Waals surface area contributed by atoms with E-state index in [1.165, 1.54) is 17.4 Å². The minimum absolute atomic E-state index is 0.0653. The molecule has 184 valence electrons. The number of aromatic nitrogens is 1. The molecular formula is C25H30F3N3O2S. The monoisotopic (exact) mass is 493 g/mol. The molecule has 1 aliphatic heterocycles. The van der Waals surface area contributed by atoms with Crippen LogP contribution in [0.4, 0.5) is 13.2 Å². The molecule has 0 saturated heterocycles. The summed E-state index contributed by atoms with van der Waals surface area (Å²) < 4.78 is 39.3. The van der Waals surface area contributed by atoms with Gasteiger partial charge in [-0.25, -0.2) is 0 Å². The predicted octanol–water partition coefficient (Wildman–Crippen LogP) is 4.64. The second-order valence-corrected chi connectivity index (χ2v) is 10.9. The van der Waals surface area contributed by atoms with Gasteiger partial charge < -0.3 is 15.3 Å². The second-order valence-electron chi connectivity index (χ2n) is 10.0. The zero-order valence-corrected chi connectivity index (χ0v) is 19.8. The third kappa shape index (κ3) is 4.88. The average Bonchev–Trinajstić information content (AvgIpc) is 3.52. The first-order chi connectivity index (χ1) is 16.2. The minimum atomic E-state index is -4.37. The smallest absolute Gasteiger partial charge is 0.384 e. The van der Waals surface area contributed by atoms with E-state index in [9.17, 15) is 23.1 Å². The number of carbonyl (C=O) groups is 1. The normalized spacial score (nSPS) is 29.8. The molecule has 0 bridgehead atoms. The quantitative estimate of drug-likeness (QED) is 0.652. The molecule has 1 amide bonds. The number of fused-ring (bicyclic) bond motifs is 1. The van der Waals surface area contributed by atoms with Gasteiger partial charge in [-0.15, -0.1) is 11.3 Å². The number of thiazole rings is 1. The van der Waals surface area contributed by atoms with Crippen molar-refractivity contribution >= 4 is 17.2 Å². The molecule has 34 heavy (non-hydrogen) atoms. The standard InChI is InChI=1S/C25H30F3N3O2S/c26-25(27,28)19-3-1-16-7-10-31(14-18(16)11-19)23(32)17-2-4-21(12-17)30-20-5-8-24(33,9-6-20)22-13-29-15-34-22/h1,3,11,13,15,17,20-21,30,33H,2,4-10,12,14H2/t17-,20?,21+,24?/m0/s1. The first kappa shape index (κ1) is 23.8. The molecule has 2 N–H and O–H groups in total. The van der Waals surface area contributed by atoms with Crippen LogP contribution < -0.4 is 5.32 Å². The number of hydrogen-bond donors (Lipinski definition) is 2. The van der Waals surface area contributed by atoms with Crippen molar-refractivity contribution in [1.29, 1.82) is 0 Å². The molecule has 3 aliphatic rings. The topological polar surface area (TPSA) is 65.5 Å². The Morgan fingerprint density at radius 3 is 2.65 bits per heavy atom. The predicted molar refractivity (Wildman–Crippen MR) is 123 cm³/mol. The van der Waals surface area contributed by atoms with E-state index < -0.39 is 17.3 Å². The van der Waals surface area contributed by atoms with Gasteiger partial charge in [-0.2, -0.15) is 13.2 Å². The lowest BCUT2D eigenvalue weighted by atomic mass is 9.81. The van der Waals surface area contributed by atoms with Crippen molar-refractivity contribution in [3.63, 3.8) is 0 Å². The summed E-state index contributed by atoms with van der Waals surface area (Å²) in [6.07, 6.45) is 3.65. The lowest BCUT2D eigenvalue weighted by Crippen LogP contribution is -2.43. The summed E-state index contributed by atoms with van der Waals surface area (Å²) in [6, 6.07) is 4.48. The number of halogens is 3. The molecule has 5 rings (SSSR count). The number of carbonyl (C=O) groups excluding carboxylic acids is 1. The summed E-state index contributed by atoms with van der Waals surface area (Å²) in [5.74, 6) is -0.0156. The molecule has 5 nitrogen and oxygen atoms in total. The maximum absolute atomic E-state index is 13.2. The van der Waals surface area contributed by atoms with Crippen LogP contribution in [0.5, 0.6) is 0 Å². The van der Waals surface area contributed by atoms with Crippen molar-refractivity contribution < 1.29 is 23.1 Å². The van der Waals surface area contributed by atoms with E-state index in [-0.39, 0.29) is 24.4 Å². The number of nitrogens with zero attached hydrogens (tertiary/aromatic N) is 2. The Kier molecular flexibility index (Phi) is 6.46. The maximum Gasteiger partial charge on any atom is 0.416 e. The van der Waals surface area contributed by atoms with Gasteiger partial charge in [0.05, 0.1) is 16.0 Å². The lowest BCUT2D eigenvalue weighted by Gasteiger charge is -2.36. The number of aliphatic hydroxyl groups is 1. The van der Waals surface area contributed by atoms with Crippen molar-refractivity contribution in [2.45, 2.75) is 81.8 Å². The van der Waals surface area contributed by atoms with Crippen LogP contribution in [0, 0.1) is 5.92 Å². The third-order valence-electron chi connectivity index (χ3n) is 7.81. The van der Waals surface area contributed by atoms with E-state index in [1.54, 1.807) is 22.7 Å². The second kappa shape index (κ2) is 9.24. The molecule has 2 aromatic rings. The highest BCUT2D eigenvalue weighted by molar-refractivity contribution is 7.09. The van der Waals surface area contributed by atoms with E-state index in [0.717, 1.165) is 48.6 Å². The molecule has 0 unspecified atom stereocenters. The van der Waals surface area contributed by atoms with Crippen LogP contribution in [0.25, 0.3) is 0 Å². The molecule has 0 radical (unpaired) electrons. The molecule has 2 aliphatic carbocycles. The van der Waals surface area contributed by atoms with E-state index in [4.69, 9.17) is 0 Å². The fourth-order valence-corrected chi connectivity index (χ4v) is 6.60. The minimum Gasteiger partial charge on any atom is -0.384 e. The summed E-state index contributed by atoms with van der Waals surface area (Å²) in [6.45, 7) is 0.816. The lowest BCUT2D eigenvalue weighted by molar-refractivity contribution is -0.137. The summed E-state index contributed by atoms with van der Waals surface area (Å²) in [7, 11) is 0. The van der Waals surface area contributed by atoms with E-state index in [1.807, 2.05) is 0 Å². The Bertz CT molecular complexity index is 1020. The molecular weight excluding hydrogens is 463 g/mol. The van der Waals surface area contributed by atoms with Gasteiger partial charge >= 0.3 is 6.18 Å². The maximum atomic E-state index is 13.2. The summed E-state index contributed by atoms with van der Waals surface area (Å²) in [5.41, 5.74) is 1.84. The SMILES string of the molecule is O=C([C@H]1CC[C@@H](NC2CCC(O)(c3cncs3)CC2)C1)N1CCc2ccc(C(F)(F)F)cc2C1. The molecule has 2 saturated carbocycles. The summed E-state index contributed by atoms with van der Waals surface area (Å²) in [5, 5.41) is 14.6. The van der Waals surface area contributed by atoms with Crippen LogP contribution in [0.2, 0.25) is 0 Å². The number of benzene rings is 1. The summed E-state index contributed by atoms with van der Waals surface area (Å²) >= 11 is 1.50. The van der Waals surface area contributed by atoms with Crippen molar-refractivity contribution in [2.24, 2.45) is 5.92 Å². The van der Waals surface area contributed by atoms with Gasteiger partial charge in [0.25, 0.3) is 0 Å². The molecule has 2 atom stereocenters. The number of hydrogen-bond acceptors (Lipinski definition) is 5. The van der Waals surface area contributed by atoms with Crippen molar-refractivity contribution in [3.05, 3.63) is 51.5 Å². The fraction of sp³-hybridized carbons (Fsp3) is 0.600. The molecule has 1 aromatic carbocycles. The Balaban J connectivity index is 1.13. The van der Waals surface area contributed by atoms with Crippen LogP contribution in [0.15, 0.2) is 29.9 Å². The number of alkyl halides is 3. The van der Waals surface area contributed by atoms with Gasteiger partial charge in [0, 0.05) is 37.3 Å². The number of nitrogens with one attached hydrogen (secondary N) is 1. The van der Waals surface area contributed by atoms with Crippen LogP contribution >= 0.6 is 11.3 Å². The molecule has 9 heteroatoms. The van der Waals surface area contributed by atoms with E-state index >= 15 is 0 Å². The first-order valence-corrected chi connectivity index (χ1v) is 12.9. The number of rotatable bonds is 4. The van der Waals surface area contributed by atoms with Crippen LogP contribution in [0.1, 0.15) is 66.5 Å². The molecule has 2 heterocycles. The van der Waals surface area contributed by atoms with Gasteiger partial charge in [-0.3, -0.25) is 9.78 Å². The summed E-state index contributed by atoms with van der Waals surface area (Å²) in [4.78, 5) is 20.0. The first-order valence-electron chi connectivity index (χ1n) is 12.1. The Morgan fingerprint density at radius 1 is 1.15 bits per heavy atom. The van der Waals surface area contributed by atoms with Crippen LogP contribution in [-0.2, 0) is 29.5 Å². The van der Waals surface area contributed by atoms with Crippen LogP contribution in [0.3, 0.4) is 0 Å². The van der Waals surface area contributed by atoms with Crippen LogP contribution in [-0.4, -0.2) is 39.5 Å². The third-order valence-corrected chi connectivity index (χ3v) is 8.78. The van der Waals surface area contributed by atoms with Gasteiger partial charge in [0.15, 0.2) is 0 Å². The molecule has 1 aromatic heterocycles. The zero-order chi connectivity index (χ0) is 23.9. The molecule has 2 fully saturated rings. The van der Waals surface area contributed by atoms with E-state index in [0.29, 0.717) is 37.4 Å². The van der Waals surface area contributed by atoms with Gasteiger partial charge in [0.2, 0.25) is 5.91 Å².